The van der Waals surface area contributed by atoms with Crippen molar-refractivity contribution in [1.29, 1.82) is 0 Å². The molecule has 44 heavy (non-hydrogen) atoms. The number of ether oxygens (including phenoxy) is 1. The molecule has 0 aliphatic heterocycles. The summed E-state index contributed by atoms with van der Waals surface area (Å²) in [6, 6.07) is 0.550. The van der Waals surface area contributed by atoms with E-state index in [1.54, 1.807) is 0 Å². The molecule has 0 radical (unpaired) electrons. The summed E-state index contributed by atoms with van der Waals surface area (Å²) in [7, 11) is 2.06. The molecule has 0 aliphatic carbocycles. The molecule has 0 aromatic heterocycles. The monoisotopic (exact) mass is 639 g/mol. The number of nitrogens with zero attached hydrogens (tertiary/aromatic N) is 1. The van der Waals surface area contributed by atoms with Crippen LogP contribution in [0.4, 0.5) is 0 Å². The highest BCUT2D eigenvalue weighted by Crippen LogP contribution is 2.18. The van der Waals surface area contributed by atoms with Gasteiger partial charge in [-0.15, -0.1) is 0 Å². The van der Waals surface area contributed by atoms with Gasteiger partial charge in [-0.2, -0.15) is 0 Å². The Balaban J connectivity index is 3.76. The molecule has 5 heteroatoms. The van der Waals surface area contributed by atoms with Crippen LogP contribution in [0.5, 0.6) is 0 Å². The molecule has 4 nitrogen and oxygen atoms in total. The fraction of sp³-hybridized carbons (Fsp3) is 0.923. The Labute approximate surface area is 281 Å². The molecule has 0 aromatic carbocycles. The second-order valence-corrected chi connectivity index (χ2v) is 14.3. The van der Waals surface area contributed by atoms with Gasteiger partial charge in [-0.3, -0.25) is 9.10 Å². The van der Waals surface area contributed by atoms with E-state index >= 15 is 0 Å². The van der Waals surface area contributed by atoms with E-state index < -0.39 is 0 Å². The molecule has 0 aliphatic rings. The van der Waals surface area contributed by atoms with E-state index in [9.17, 15) is 4.79 Å². The van der Waals surface area contributed by atoms with Crippen molar-refractivity contribution in [3.63, 3.8) is 0 Å². The van der Waals surface area contributed by atoms with Crippen molar-refractivity contribution in [3.05, 3.63) is 12.2 Å². The molecule has 0 heterocycles. The van der Waals surface area contributed by atoms with Crippen LogP contribution in [-0.4, -0.2) is 48.8 Å². The number of esters is 1. The Bertz CT molecular complexity index is 601. The molecule has 0 amide bonds. The zero-order valence-electron chi connectivity index (χ0n) is 30.3. The Morgan fingerprint density at radius 1 is 0.636 bits per heavy atom. The number of hydrogen-bond donors (Lipinski definition) is 1. The molecule has 0 fully saturated rings. The van der Waals surface area contributed by atoms with E-state index in [0.717, 1.165) is 25.0 Å². The molecule has 0 rings (SSSR count). The Morgan fingerprint density at radius 3 is 1.55 bits per heavy atom. The number of nitrogens with one attached hydrogen (secondary N) is 1. The number of carbonyl (C=O) groups is 1. The lowest BCUT2D eigenvalue weighted by Crippen LogP contribution is -2.27. The standard InChI is InChI=1S/C39H78N2O2S/c1-5-7-9-11-13-14-15-16-17-18-19-20-21-22-26-30-34-41(44-37-38(3)40-4)35-31-27-24-25-29-33-39(42)43-36-32-28-23-12-10-8-6-2/h28,32,38,40H,5-27,29-31,33-37H2,1-4H3/b32-28-. The molecule has 1 atom stereocenters. The quantitative estimate of drug-likeness (QED) is 0.0320. The van der Waals surface area contributed by atoms with Gasteiger partial charge in [-0.05, 0) is 46.1 Å². The number of hydrogen-bond acceptors (Lipinski definition) is 5. The van der Waals surface area contributed by atoms with Gasteiger partial charge < -0.3 is 10.1 Å². The fourth-order valence-electron chi connectivity index (χ4n) is 5.55. The van der Waals surface area contributed by atoms with Crippen LogP contribution in [-0.2, 0) is 9.53 Å². The van der Waals surface area contributed by atoms with E-state index in [-0.39, 0.29) is 5.97 Å². The van der Waals surface area contributed by atoms with Crippen LogP contribution in [0.3, 0.4) is 0 Å². The van der Waals surface area contributed by atoms with Crippen molar-refractivity contribution in [2.75, 3.05) is 32.5 Å². The maximum absolute atomic E-state index is 12.0. The summed E-state index contributed by atoms with van der Waals surface area (Å²) in [6.07, 6.45) is 39.6. The summed E-state index contributed by atoms with van der Waals surface area (Å²) in [6.45, 7) is 9.65. The first-order valence-corrected chi connectivity index (χ1v) is 20.4. The molecular weight excluding hydrogens is 561 g/mol. The number of rotatable bonds is 36. The number of allylic oxidation sites excluding steroid dienone is 1. The highest BCUT2D eigenvalue weighted by molar-refractivity contribution is 7.97. The Kier molecular flexibility index (Phi) is 36.5. The molecule has 1 unspecified atom stereocenters. The van der Waals surface area contributed by atoms with Crippen molar-refractivity contribution in [2.45, 2.75) is 200 Å². The van der Waals surface area contributed by atoms with Gasteiger partial charge in [0.15, 0.2) is 0 Å². The second kappa shape index (κ2) is 36.9. The lowest BCUT2D eigenvalue weighted by atomic mass is 10.0. The molecule has 0 spiro atoms. The van der Waals surface area contributed by atoms with Crippen LogP contribution < -0.4 is 5.32 Å². The van der Waals surface area contributed by atoms with E-state index in [0.29, 0.717) is 19.1 Å². The normalized spacial score (nSPS) is 12.5. The topological polar surface area (TPSA) is 41.6 Å². The zero-order chi connectivity index (χ0) is 32.2. The van der Waals surface area contributed by atoms with Crippen molar-refractivity contribution in [1.82, 2.24) is 9.62 Å². The van der Waals surface area contributed by atoms with Gasteiger partial charge in [-0.25, -0.2) is 0 Å². The minimum atomic E-state index is -0.0411. The van der Waals surface area contributed by atoms with Crippen molar-refractivity contribution < 1.29 is 9.53 Å². The summed E-state index contributed by atoms with van der Waals surface area (Å²) in [4.78, 5) is 12.0. The van der Waals surface area contributed by atoms with Crippen LogP contribution in [0.25, 0.3) is 0 Å². The van der Waals surface area contributed by atoms with Gasteiger partial charge in [0, 0.05) is 31.3 Å². The first-order chi connectivity index (χ1) is 21.6. The second-order valence-electron chi connectivity index (χ2n) is 13.2. The van der Waals surface area contributed by atoms with E-state index in [1.807, 2.05) is 18.0 Å². The minimum absolute atomic E-state index is 0.0411. The summed E-state index contributed by atoms with van der Waals surface area (Å²) < 4.78 is 7.98. The Morgan fingerprint density at radius 2 is 1.07 bits per heavy atom. The molecule has 262 valence electrons. The number of unbranched alkanes of at least 4 members (excludes halogenated alkanes) is 23. The van der Waals surface area contributed by atoms with Crippen LogP contribution in [0.15, 0.2) is 12.2 Å². The average Bonchev–Trinajstić information content (AvgIpc) is 3.03. The van der Waals surface area contributed by atoms with Crippen molar-refractivity contribution in [2.24, 2.45) is 0 Å². The third-order valence-corrected chi connectivity index (χ3v) is 10.2. The molecule has 0 saturated carbocycles. The summed E-state index contributed by atoms with van der Waals surface area (Å²) >= 11 is 2.03. The largest absolute Gasteiger partial charge is 0.461 e. The van der Waals surface area contributed by atoms with E-state index in [2.05, 4.69) is 43.5 Å². The van der Waals surface area contributed by atoms with Gasteiger partial charge in [0.1, 0.15) is 6.61 Å². The van der Waals surface area contributed by atoms with Gasteiger partial charge in [0.2, 0.25) is 0 Å². The Hall–Kier alpha value is -0.520. The predicted molar refractivity (Wildman–Crippen MR) is 199 cm³/mol. The first kappa shape index (κ1) is 43.5. The average molecular weight is 639 g/mol. The molecule has 0 saturated heterocycles. The highest BCUT2D eigenvalue weighted by Gasteiger charge is 2.08. The SMILES string of the molecule is CCCCCC/C=C\COC(=O)CCCCCCCN(CCCCCCCCCCCCCCCCCC)SCC(C)NC. The summed E-state index contributed by atoms with van der Waals surface area (Å²) in [5, 5.41) is 3.38. The van der Waals surface area contributed by atoms with Crippen LogP contribution in [0.1, 0.15) is 194 Å². The molecular formula is C39H78N2O2S. The zero-order valence-corrected chi connectivity index (χ0v) is 31.1. The molecule has 0 aromatic rings. The van der Waals surface area contributed by atoms with Crippen LogP contribution in [0, 0.1) is 0 Å². The predicted octanol–water partition coefficient (Wildman–Crippen LogP) is 12.2. The maximum atomic E-state index is 12.0. The van der Waals surface area contributed by atoms with Crippen LogP contribution >= 0.6 is 11.9 Å². The third kappa shape index (κ3) is 34.4. The smallest absolute Gasteiger partial charge is 0.306 e. The summed E-state index contributed by atoms with van der Waals surface area (Å²) in [5.74, 6) is 1.10. The molecule has 0 bridgehead atoms. The lowest BCUT2D eigenvalue weighted by Gasteiger charge is -2.23. The van der Waals surface area contributed by atoms with Gasteiger partial charge in [-0.1, -0.05) is 173 Å². The van der Waals surface area contributed by atoms with E-state index in [1.165, 1.54) is 161 Å². The fourth-order valence-corrected chi connectivity index (χ4v) is 6.67. The third-order valence-electron chi connectivity index (χ3n) is 8.78. The molecule has 1 N–H and O–H groups in total. The first-order valence-electron chi connectivity index (χ1n) is 19.5. The summed E-state index contributed by atoms with van der Waals surface area (Å²) in [5.41, 5.74) is 0. The van der Waals surface area contributed by atoms with Crippen molar-refractivity contribution >= 4 is 17.9 Å². The van der Waals surface area contributed by atoms with Gasteiger partial charge in [0.25, 0.3) is 0 Å². The van der Waals surface area contributed by atoms with E-state index in [4.69, 9.17) is 4.74 Å². The van der Waals surface area contributed by atoms with Crippen LogP contribution in [0.2, 0.25) is 0 Å². The van der Waals surface area contributed by atoms with Crippen molar-refractivity contribution in [3.8, 4) is 0 Å². The van der Waals surface area contributed by atoms with Gasteiger partial charge in [0.05, 0.1) is 0 Å². The minimum Gasteiger partial charge on any atom is -0.461 e. The highest BCUT2D eigenvalue weighted by atomic mass is 32.2. The number of carbonyl (C=O) groups excluding carboxylic acids is 1. The lowest BCUT2D eigenvalue weighted by molar-refractivity contribution is -0.142. The maximum Gasteiger partial charge on any atom is 0.306 e. The van der Waals surface area contributed by atoms with Gasteiger partial charge >= 0.3 is 5.97 Å².